The average molecular weight is 449 g/mol. The molecule has 1 unspecified atom stereocenters. The molecule has 0 amide bonds. The largest absolute Gasteiger partial charge is 0.480 e. The molecule has 1 aromatic carbocycles. The van der Waals surface area contributed by atoms with E-state index >= 15 is 0 Å². The van der Waals surface area contributed by atoms with E-state index in [1.54, 1.807) is 19.1 Å². The standard InChI is InChI=1S/C18H20Cl3N3O2S/c1-4-18(7-8-19,16(25)26)27-17-23-14(21)9-15(24-17)22-13-6-5-12(20)10(2)11(13)3/h5-6,9H,4,7-8H2,1-3H3,(H,25,26)(H,22,23,24). The molecule has 2 rings (SSSR count). The summed E-state index contributed by atoms with van der Waals surface area (Å²) in [4.78, 5) is 20.4. The first-order chi connectivity index (χ1) is 12.7. The monoisotopic (exact) mass is 447 g/mol. The average Bonchev–Trinajstić information content (AvgIpc) is 2.61. The first-order valence-corrected chi connectivity index (χ1v) is 10.4. The number of alkyl halides is 1. The topological polar surface area (TPSA) is 75.1 Å². The number of nitrogens with zero attached hydrogens (tertiary/aromatic N) is 2. The molecule has 1 heterocycles. The highest BCUT2D eigenvalue weighted by Crippen LogP contribution is 2.38. The van der Waals surface area contributed by atoms with E-state index in [1.165, 1.54) is 0 Å². The summed E-state index contributed by atoms with van der Waals surface area (Å²) in [5.74, 6) is -0.247. The zero-order valence-electron chi connectivity index (χ0n) is 15.1. The summed E-state index contributed by atoms with van der Waals surface area (Å²) in [6.45, 7) is 5.69. The molecule has 0 aliphatic carbocycles. The van der Waals surface area contributed by atoms with E-state index in [0.29, 0.717) is 23.7 Å². The maximum Gasteiger partial charge on any atom is 0.320 e. The zero-order chi connectivity index (χ0) is 20.2. The molecule has 0 aliphatic rings. The van der Waals surface area contributed by atoms with Crippen molar-refractivity contribution in [1.82, 2.24) is 9.97 Å². The van der Waals surface area contributed by atoms with Gasteiger partial charge in [0.05, 0.1) is 0 Å². The van der Waals surface area contributed by atoms with Gasteiger partial charge in [-0.05, 0) is 49.9 Å². The lowest BCUT2D eigenvalue weighted by Gasteiger charge is -2.25. The highest BCUT2D eigenvalue weighted by Gasteiger charge is 2.38. The van der Waals surface area contributed by atoms with Gasteiger partial charge in [0.25, 0.3) is 0 Å². The van der Waals surface area contributed by atoms with Gasteiger partial charge in [-0.2, -0.15) is 0 Å². The molecule has 0 saturated carbocycles. The minimum Gasteiger partial charge on any atom is -0.480 e. The van der Waals surface area contributed by atoms with Gasteiger partial charge in [-0.3, -0.25) is 4.79 Å². The Hall–Kier alpha value is -1.21. The summed E-state index contributed by atoms with van der Waals surface area (Å²) >= 11 is 19.2. The van der Waals surface area contributed by atoms with E-state index in [4.69, 9.17) is 34.8 Å². The normalized spacial score (nSPS) is 13.3. The Labute approximate surface area is 177 Å². The number of aromatic nitrogens is 2. The predicted octanol–water partition coefficient (Wildman–Crippen LogP) is 6.10. The third-order valence-corrected chi connectivity index (χ3v) is 6.62. The molecule has 9 heteroatoms. The highest BCUT2D eigenvalue weighted by molar-refractivity contribution is 8.01. The van der Waals surface area contributed by atoms with Crippen LogP contribution in [-0.4, -0.2) is 31.7 Å². The van der Waals surface area contributed by atoms with E-state index in [0.717, 1.165) is 28.6 Å². The van der Waals surface area contributed by atoms with Gasteiger partial charge in [0.1, 0.15) is 15.7 Å². The number of carboxylic acid groups (broad SMARTS) is 1. The Balaban J connectivity index is 2.36. The first kappa shape index (κ1) is 22.1. The first-order valence-electron chi connectivity index (χ1n) is 8.28. The lowest BCUT2D eigenvalue weighted by atomic mass is 10.0. The highest BCUT2D eigenvalue weighted by atomic mass is 35.5. The molecule has 27 heavy (non-hydrogen) atoms. The summed E-state index contributed by atoms with van der Waals surface area (Å²) in [7, 11) is 0. The molecule has 2 aromatic rings. The Bertz CT molecular complexity index is 851. The van der Waals surface area contributed by atoms with Crippen LogP contribution in [-0.2, 0) is 4.79 Å². The van der Waals surface area contributed by atoms with Gasteiger partial charge in [-0.15, -0.1) is 11.6 Å². The Morgan fingerprint density at radius 3 is 2.56 bits per heavy atom. The summed E-state index contributed by atoms with van der Waals surface area (Å²) in [6, 6.07) is 5.25. The Morgan fingerprint density at radius 2 is 1.96 bits per heavy atom. The van der Waals surface area contributed by atoms with Crippen molar-refractivity contribution in [1.29, 1.82) is 0 Å². The van der Waals surface area contributed by atoms with Crippen LogP contribution in [0.3, 0.4) is 0 Å². The minimum absolute atomic E-state index is 0.222. The van der Waals surface area contributed by atoms with Crippen LogP contribution >= 0.6 is 46.6 Å². The second-order valence-corrected chi connectivity index (χ2v) is 8.55. The number of benzene rings is 1. The van der Waals surface area contributed by atoms with Gasteiger partial charge >= 0.3 is 5.97 Å². The number of hydrogen-bond donors (Lipinski definition) is 2. The quantitative estimate of drug-likeness (QED) is 0.220. The lowest BCUT2D eigenvalue weighted by Crippen LogP contribution is -2.35. The maximum atomic E-state index is 11.8. The predicted molar refractivity (Wildman–Crippen MR) is 113 cm³/mol. The van der Waals surface area contributed by atoms with Crippen LogP contribution in [0.5, 0.6) is 0 Å². The van der Waals surface area contributed by atoms with Gasteiger partial charge in [-0.25, -0.2) is 9.97 Å². The molecule has 0 saturated heterocycles. The minimum atomic E-state index is -1.10. The van der Waals surface area contributed by atoms with Crippen molar-refractivity contribution >= 4 is 64.0 Å². The second kappa shape index (κ2) is 9.32. The molecule has 0 spiro atoms. The Morgan fingerprint density at radius 1 is 1.26 bits per heavy atom. The molecule has 0 aliphatic heterocycles. The van der Waals surface area contributed by atoms with E-state index < -0.39 is 10.7 Å². The van der Waals surface area contributed by atoms with E-state index in [1.807, 2.05) is 19.9 Å². The van der Waals surface area contributed by atoms with Crippen molar-refractivity contribution in [2.75, 3.05) is 11.2 Å². The fourth-order valence-corrected chi connectivity index (χ4v) is 4.44. The molecule has 0 radical (unpaired) electrons. The number of rotatable bonds is 8. The van der Waals surface area contributed by atoms with Crippen LogP contribution < -0.4 is 5.32 Å². The molecule has 0 fully saturated rings. The second-order valence-electron chi connectivity index (χ2n) is 6.02. The van der Waals surface area contributed by atoms with Crippen LogP contribution in [0.15, 0.2) is 23.4 Å². The molecule has 1 aromatic heterocycles. The molecular weight excluding hydrogens is 429 g/mol. The molecule has 0 bridgehead atoms. The number of anilines is 2. The fourth-order valence-electron chi connectivity index (χ4n) is 2.50. The summed E-state index contributed by atoms with van der Waals surface area (Å²) in [5, 5.41) is 14.1. The molecule has 2 N–H and O–H groups in total. The van der Waals surface area contributed by atoms with Gasteiger partial charge in [0.15, 0.2) is 5.16 Å². The third kappa shape index (κ3) is 5.19. The third-order valence-electron chi connectivity index (χ3n) is 4.40. The van der Waals surface area contributed by atoms with Crippen LogP contribution in [0.25, 0.3) is 0 Å². The summed E-state index contributed by atoms with van der Waals surface area (Å²) in [5.41, 5.74) is 2.79. The number of hydrogen-bond acceptors (Lipinski definition) is 5. The molecule has 146 valence electrons. The van der Waals surface area contributed by atoms with Gasteiger partial charge in [0.2, 0.25) is 0 Å². The van der Waals surface area contributed by atoms with E-state index in [2.05, 4.69) is 15.3 Å². The van der Waals surface area contributed by atoms with Crippen molar-refractivity contribution in [3.05, 3.63) is 39.5 Å². The summed E-state index contributed by atoms with van der Waals surface area (Å²) in [6.07, 6.45) is 0.674. The van der Waals surface area contributed by atoms with Crippen molar-refractivity contribution < 1.29 is 9.90 Å². The van der Waals surface area contributed by atoms with Crippen LogP contribution in [0.2, 0.25) is 10.2 Å². The van der Waals surface area contributed by atoms with Gasteiger partial charge < -0.3 is 10.4 Å². The molecular formula is C18H20Cl3N3O2S. The number of thioether (sulfide) groups is 1. The van der Waals surface area contributed by atoms with Crippen LogP contribution in [0, 0.1) is 13.8 Å². The zero-order valence-corrected chi connectivity index (χ0v) is 18.2. The number of halogens is 3. The van der Waals surface area contributed by atoms with Gasteiger partial charge in [-0.1, -0.05) is 41.9 Å². The SMILES string of the molecule is CCC(CCCl)(Sc1nc(Cl)cc(Nc2ccc(Cl)c(C)c2C)n1)C(=O)O. The molecule has 5 nitrogen and oxygen atoms in total. The maximum absolute atomic E-state index is 11.8. The van der Waals surface area contributed by atoms with Crippen molar-refractivity contribution in [2.24, 2.45) is 0 Å². The number of nitrogens with one attached hydrogen (secondary N) is 1. The van der Waals surface area contributed by atoms with Gasteiger partial charge in [0, 0.05) is 22.7 Å². The Kier molecular flexibility index (Phi) is 7.63. The van der Waals surface area contributed by atoms with Crippen molar-refractivity contribution in [3.8, 4) is 0 Å². The van der Waals surface area contributed by atoms with Crippen LogP contribution in [0.1, 0.15) is 30.9 Å². The number of carboxylic acids is 1. The molecule has 1 atom stereocenters. The fraction of sp³-hybridized carbons (Fsp3) is 0.389. The van der Waals surface area contributed by atoms with Crippen LogP contribution in [0.4, 0.5) is 11.5 Å². The summed E-state index contributed by atoms with van der Waals surface area (Å²) < 4.78 is -1.10. The number of aliphatic carboxylic acids is 1. The van der Waals surface area contributed by atoms with Crippen molar-refractivity contribution in [3.63, 3.8) is 0 Å². The van der Waals surface area contributed by atoms with E-state index in [9.17, 15) is 9.90 Å². The smallest absolute Gasteiger partial charge is 0.320 e. The number of carbonyl (C=O) groups is 1. The van der Waals surface area contributed by atoms with Crippen molar-refractivity contribution in [2.45, 2.75) is 43.5 Å². The lowest BCUT2D eigenvalue weighted by molar-refractivity contribution is -0.140. The van der Waals surface area contributed by atoms with E-state index in [-0.39, 0.29) is 16.2 Å².